The van der Waals surface area contributed by atoms with Crippen LogP contribution in [-0.4, -0.2) is 64.2 Å². The van der Waals surface area contributed by atoms with Crippen molar-refractivity contribution in [3.63, 3.8) is 0 Å². The van der Waals surface area contributed by atoms with E-state index in [0.29, 0.717) is 67.1 Å². The second-order valence-electron chi connectivity index (χ2n) is 12.4. The average Bonchev–Trinajstić information content (AvgIpc) is 3.64. The van der Waals surface area contributed by atoms with Crippen molar-refractivity contribution in [1.29, 1.82) is 0 Å². The quantitative estimate of drug-likeness (QED) is 0.146. The number of Topliss-reactive ketones (excluding diaryl/α,β-unsaturated/α-hetero) is 1. The van der Waals surface area contributed by atoms with Crippen LogP contribution in [0.1, 0.15) is 115 Å². The number of aliphatic carboxylic acids is 2. The van der Waals surface area contributed by atoms with Crippen LogP contribution < -0.4 is 0 Å². The summed E-state index contributed by atoms with van der Waals surface area (Å²) in [5.41, 5.74) is 10.0. The van der Waals surface area contributed by atoms with Crippen molar-refractivity contribution in [1.82, 2.24) is 19.9 Å². The van der Waals surface area contributed by atoms with Gasteiger partial charge in [0.05, 0.1) is 46.1 Å². The van der Waals surface area contributed by atoms with E-state index in [0.717, 1.165) is 22.3 Å². The summed E-state index contributed by atoms with van der Waals surface area (Å²) >= 11 is 0. The molecule has 0 fully saturated rings. The van der Waals surface area contributed by atoms with Gasteiger partial charge < -0.3 is 30.4 Å². The van der Waals surface area contributed by atoms with E-state index in [2.05, 4.69) is 9.97 Å². The molecule has 6 N–H and O–H groups in total. The Hall–Kier alpha value is -4.87. The first-order chi connectivity index (χ1) is 22.1. The molecular weight excluding hydrogens is 600 g/mol. The fourth-order valence-electron chi connectivity index (χ4n) is 6.76. The molecular formula is C36H40N4O7. The van der Waals surface area contributed by atoms with Crippen molar-refractivity contribution in [2.45, 2.75) is 86.4 Å². The lowest BCUT2D eigenvalue weighted by Gasteiger charge is -2.09. The summed E-state index contributed by atoms with van der Waals surface area (Å²) in [6.07, 6.45) is -1.62. The lowest BCUT2D eigenvalue weighted by atomic mass is 9.96. The van der Waals surface area contributed by atoms with Crippen molar-refractivity contribution >= 4 is 62.1 Å². The highest BCUT2D eigenvalue weighted by Gasteiger charge is 2.28. The standard InChI is InChI=1S/C36H40N4O7/c1-15-22(8-10-30(44)45)27-14-28-23(9-11-31(46)47)16(2)25(38-28)13-29-32(19(5)41)18(4)35(40-29)34(21(7)43)36-33(20(6)42)17(3)26(39-36)12-24(15)37-27/h12-14,19-20,38-39,41-42H,8-11H2,1-7H3,(H,44,45)(H,46,47). The molecule has 0 amide bonds. The third-order valence-electron chi connectivity index (χ3n) is 9.14. The molecule has 0 aromatic carbocycles. The number of aromatic nitrogens is 4. The SMILES string of the molecule is CC(=O)c1c2nc(cc3[nH]c(cc4nc(cc5[nH]c1c(C(C)O)c5C)C(C)=C4CCC(=O)O)c(CCC(=O)O)c3C)C(C(C)O)=C2C. The highest BCUT2D eigenvalue weighted by atomic mass is 16.4. The van der Waals surface area contributed by atoms with Crippen molar-refractivity contribution in [2.75, 3.05) is 0 Å². The van der Waals surface area contributed by atoms with E-state index in [-0.39, 0.29) is 37.0 Å². The highest BCUT2D eigenvalue weighted by molar-refractivity contribution is 6.09. The van der Waals surface area contributed by atoms with Crippen LogP contribution in [0, 0.1) is 13.8 Å². The van der Waals surface area contributed by atoms with E-state index in [1.807, 2.05) is 32.9 Å². The maximum absolute atomic E-state index is 13.4. The lowest BCUT2D eigenvalue weighted by molar-refractivity contribution is -0.137. The maximum Gasteiger partial charge on any atom is 0.303 e. The molecule has 0 aliphatic carbocycles. The van der Waals surface area contributed by atoms with E-state index in [1.165, 1.54) is 6.92 Å². The van der Waals surface area contributed by atoms with Gasteiger partial charge in [-0.1, -0.05) is 0 Å². The van der Waals surface area contributed by atoms with Crippen LogP contribution in [0.5, 0.6) is 0 Å². The number of aryl methyl sites for hydroxylation is 3. The van der Waals surface area contributed by atoms with Gasteiger partial charge in [-0.2, -0.15) is 0 Å². The van der Waals surface area contributed by atoms with Crippen molar-refractivity contribution in [2.24, 2.45) is 0 Å². The Morgan fingerprint density at radius 3 is 1.94 bits per heavy atom. The van der Waals surface area contributed by atoms with Gasteiger partial charge >= 0.3 is 11.9 Å². The number of H-pyrrole nitrogens is 2. The third-order valence-corrected chi connectivity index (χ3v) is 9.14. The zero-order valence-corrected chi connectivity index (χ0v) is 27.6. The predicted molar refractivity (Wildman–Crippen MR) is 181 cm³/mol. The number of carboxylic acids is 2. The smallest absolute Gasteiger partial charge is 0.303 e. The second kappa shape index (κ2) is 12.7. The number of carboxylic acid groups (broad SMARTS) is 2. The molecule has 2 atom stereocenters. The largest absolute Gasteiger partial charge is 0.481 e. The predicted octanol–water partition coefficient (Wildman–Crippen LogP) is 6.31. The number of aliphatic hydroxyl groups is 2. The summed E-state index contributed by atoms with van der Waals surface area (Å²) in [5.74, 6) is -2.17. The Bertz CT molecular complexity index is 2080. The Balaban J connectivity index is 2.04. The molecule has 11 nitrogen and oxygen atoms in total. The molecule has 2 aliphatic heterocycles. The van der Waals surface area contributed by atoms with E-state index in [4.69, 9.17) is 9.97 Å². The number of nitrogens with zero attached hydrogens (tertiary/aromatic N) is 2. The minimum Gasteiger partial charge on any atom is -0.481 e. The summed E-state index contributed by atoms with van der Waals surface area (Å²) < 4.78 is 0. The van der Waals surface area contributed by atoms with Gasteiger partial charge in [-0.3, -0.25) is 14.4 Å². The Morgan fingerprint density at radius 2 is 1.34 bits per heavy atom. The fourth-order valence-corrected chi connectivity index (χ4v) is 6.76. The van der Waals surface area contributed by atoms with E-state index in [1.54, 1.807) is 26.8 Å². The van der Waals surface area contributed by atoms with Crippen LogP contribution in [0.25, 0.3) is 44.4 Å². The molecule has 0 radical (unpaired) electrons. The van der Waals surface area contributed by atoms with Crippen LogP contribution in [0.4, 0.5) is 0 Å². The van der Waals surface area contributed by atoms with Gasteiger partial charge in [-0.05, 0) is 113 Å². The molecule has 8 bridgehead atoms. The molecule has 246 valence electrons. The third kappa shape index (κ3) is 6.16. The molecule has 2 unspecified atom stereocenters. The molecule has 11 heteroatoms. The molecule has 0 saturated heterocycles. The number of hydrogen-bond acceptors (Lipinski definition) is 7. The topological polar surface area (TPSA) is 189 Å². The molecule has 3 aromatic heterocycles. The van der Waals surface area contributed by atoms with Crippen LogP contribution in [0.3, 0.4) is 0 Å². The number of aliphatic hydroxyl groups excluding tert-OH is 2. The number of carbonyl (C=O) groups is 3. The first-order valence-electron chi connectivity index (χ1n) is 15.6. The summed E-state index contributed by atoms with van der Waals surface area (Å²) in [5, 5.41) is 40.9. The number of ketones is 1. The average molecular weight is 641 g/mol. The van der Waals surface area contributed by atoms with Gasteiger partial charge in [0, 0.05) is 40.5 Å². The normalized spacial score (nSPS) is 14.5. The number of aromatic amines is 2. The van der Waals surface area contributed by atoms with Gasteiger partial charge in [0.25, 0.3) is 0 Å². The Kier molecular flexibility index (Phi) is 9.07. The van der Waals surface area contributed by atoms with Gasteiger partial charge in [0.1, 0.15) is 0 Å². The second-order valence-corrected chi connectivity index (χ2v) is 12.4. The minimum absolute atomic E-state index is 0.106. The van der Waals surface area contributed by atoms with Crippen LogP contribution >= 0.6 is 0 Å². The van der Waals surface area contributed by atoms with Crippen molar-refractivity contribution < 1.29 is 34.8 Å². The van der Waals surface area contributed by atoms with Gasteiger partial charge in [-0.15, -0.1) is 0 Å². The minimum atomic E-state index is -0.945. The number of fused-ring (bicyclic) bond motifs is 8. The van der Waals surface area contributed by atoms with E-state index in [9.17, 15) is 34.8 Å². The number of allylic oxidation sites excluding steroid dienone is 3. The molecule has 5 heterocycles. The summed E-state index contributed by atoms with van der Waals surface area (Å²) in [6, 6.07) is 5.44. The van der Waals surface area contributed by atoms with Gasteiger partial charge in [0.2, 0.25) is 0 Å². The zero-order valence-electron chi connectivity index (χ0n) is 27.6. The Labute approximate surface area is 271 Å². The van der Waals surface area contributed by atoms with Gasteiger partial charge in [-0.25, -0.2) is 9.97 Å². The first-order valence-corrected chi connectivity index (χ1v) is 15.6. The summed E-state index contributed by atoms with van der Waals surface area (Å²) in [6.45, 7) is 12.1. The molecule has 3 aromatic rings. The van der Waals surface area contributed by atoms with Gasteiger partial charge in [0.15, 0.2) is 5.78 Å². The number of carbonyl (C=O) groups excluding carboxylic acids is 1. The van der Waals surface area contributed by atoms with Crippen molar-refractivity contribution in [3.8, 4) is 0 Å². The van der Waals surface area contributed by atoms with Crippen LogP contribution in [0.15, 0.2) is 18.2 Å². The Morgan fingerprint density at radius 1 is 0.745 bits per heavy atom. The van der Waals surface area contributed by atoms with Crippen LogP contribution in [0.2, 0.25) is 0 Å². The first kappa shape index (κ1) is 33.5. The highest BCUT2D eigenvalue weighted by Crippen LogP contribution is 2.39. The summed E-state index contributed by atoms with van der Waals surface area (Å²) in [7, 11) is 0. The molecule has 0 spiro atoms. The lowest BCUT2D eigenvalue weighted by Crippen LogP contribution is -2.04. The fraction of sp³-hybridized carbons (Fsp3) is 0.361. The van der Waals surface area contributed by atoms with E-state index >= 15 is 0 Å². The molecule has 0 saturated carbocycles. The number of nitrogens with one attached hydrogen (secondary N) is 2. The molecule has 5 rings (SSSR count). The van der Waals surface area contributed by atoms with Crippen molar-refractivity contribution in [3.05, 3.63) is 68.8 Å². The maximum atomic E-state index is 13.4. The monoisotopic (exact) mass is 640 g/mol. The number of hydrogen-bond donors (Lipinski definition) is 6. The summed E-state index contributed by atoms with van der Waals surface area (Å²) in [4.78, 5) is 53.3. The van der Waals surface area contributed by atoms with Crippen LogP contribution in [-0.2, 0) is 16.0 Å². The number of rotatable bonds is 9. The van der Waals surface area contributed by atoms with E-state index < -0.39 is 24.1 Å². The molecule has 47 heavy (non-hydrogen) atoms. The molecule has 2 aliphatic rings. The zero-order chi connectivity index (χ0) is 34.5.